The van der Waals surface area contributed by atoms with Gasteiger partial charge in [-0.15, -0.1) is 0 Å². The van der Waals surface area contributed by atoms with Crippen LogP contribution in [-0.4, -0.2) is 36.2 Å². The van der Waals surface area contributed by atoms with Crippen LogP contribution in [0.2, 0.25) is 0 Å². The van der Waals surface area contributed by atoms with Crippen molar-refractivity contribution in [1.29, 1.82) is 0 Å². The molecular weight excluding hydrogens is 428 g/mol. The van der Waals surface area contributed by atoms with Crippen LogP contribution in [0.4, 0.5) is 5.69 Å². The van der Waals surface area contributed by atoms with Gasteiger partial charge >= 0.3 is 0 Å². The maximum atomic E-state index is 11.2. The zero-order valence-corrected chi connectivity index (χ0v) is 21.0. The van der Waals surface area contributed by atoms with Gasteiger partial charge in [0.1, 0.15) is 5.75 Å². The van der Waals surface area contributed by atoms with E-state index in [-0.39, 0.29) is 0 Å². The SMILES string of the molecule is Oc1c(CN2CCCCCC2)ccc2c1CCCN2CCCC(c1ccccc1)c1ccccc1. The molecule has 35 heavy (non-hydrogen) atoms. The van der Waals surface area contributed by atoms with Crippen LogP contribution in [0, 0.1) is 0 Å². The van der Waals surface area contributed by atoms with Crippen LogP contribution in [0.15, 0.2) is 72.8 Å². The minimum absolute atomic E-state index is 0.422. The van der Waals surface area contributed by atoms with Gasteiger partial charge in [-0.05, 0) is 68.8 Å². The minimum Gasteiger partial charge on any atom is -0.507 e. The van der Waals surface area contributed by atoms with Gasteiger partial charge in [0, 0.05) is 42.4 Å². The standard InChI is InChI=1S/C32H40N2O/c35-32-28(25-33-21-9-1-2-10-22-33)19-20-31-30(32)18-12-24-34(31)23-11-17-29(26-13-5-3-6-14-26)27-15-7-4-8-16-27/h3-8,13-16,19-20,29,35H,1-2,9-12,17-18,21-25H2. The average molecular weight is 469 g/mol. The smallest absolute Gasteiger partial charge is 0.125 e. The third kappa shape index (κ3) is 5.90. The number of nitrogens with zero attached hydrogens (tertiary/aromatic N) is 2. The summed E-state index contributed by atoms with van der Waals surface area (Å²) in [6, 6.07) is 26.3. The Morgan fingerprint density at radius 3 is 2.03 bits per heavy atom. The normalized spacial score (nSPS) is 16.8. The molecule has 0 saturated carbocycles. The van der Waals surface area contributed by atoms with Crippen molar-refractivity contribution in [3.8, 4) is 5.75 Å². The van der Waals surface area contributed by atoms with E-state index in [2.05, 4.69) is 82.6 Å². The summed E-state index contributed by atoms with van der Waals surface area (Å²) in [7, 11) is 0. The number of phenolic OH excluding ortho intramolecular Hbond substituents is 1. The summed E-state index contributed by atoms with van der Waals surface area (Å²) >= 11 is 0. The van der Waals surface area contributed by atoms with E-state index in [0.29, 0.717) is 11.7 Å². The highest BCUT2D eigenvalue weighted by Crippen LogP contribution is 2.37. The fraction of sp³-hybridized carbons (Fsp3) is 0.438. The Labute approximate surface area is 211 Å². The molecule has 2 aliphatic rings. The molecule has 0 atom stereocenters. The largest absolute Gasteiger partial charge is 0.507 e. The maximum Gasteiger partial charge on any atom is 0.125 e. The van der Waals surface area contributed by atoms with Gasteiger partial charge in [0.25, 0.3) is 0 Å². The lowest BCUT2D eigenvalue weighted by molar-refractivity contribution is 0.272. The third-order valence-electron chi connectivity index (χ3n) is 7.95. The van der Waals surface area contributed by atoms with E-state index in [1.165, 1.54) is 48.1 Å². The molecule has 1 saturated heterocycles. The molecule has 5 rings (SSSR count). The molecule has 184 valence electrons. The average Bonchev–Trinajstić information content (AvgIpc) is 3.18. The van der Waals surface area contributed by atoms with Crippen LogP contribution >= 0.6 is 0 Å². The molecular formula is C32H40N2O. The molecule has 0 aliphatic carbocycles. The second-order valence-electron chi connectivity index (χ2n) is 10.4. The van der Waals surface area contributed by atoms with Crippen molar-refractivity contribution in [3.63, 3.8) is 0 Å². The van der Waals surface area contributed by atoms with Crippen molar-refractivity contribution in [2.75, 3.05) is 31.1 Å². The Morgan fingerprint density at radius 1 is 0.714 bits per heavy atom. The summed E-state index contributed by atoms with van der Waals surface area (Å²) in [5.74, 6) is 0.981. The van der Waals surface area contributed by atoms with Gasteiger partial charge in [-0.1, -0.05) is 79.6 Å². The van der Waals surface area contributed by atoms with Crippen LogP contribution in [-0.2, 0) is 13.0 Å². The third-order valence-corrected chi connectivity index (χ3v) is 7.95. The first-order chi connectivity index (χ1) is 17.3. The molecule has 3 aromatic rings. The Morgan fingerprint density at radius 2 is 1.37 bits per heavy atom. The zero-order chi connectivity index (χ0) is 23.9. The summed E-state index contributed by atoms with van der Waals surface area (Å²) < 4.78 is 0. The number of fused-ring (bicyclic) bond motifs is 1. The van der Waals surface area contributed by atoms with Crippen LogP contribution in [0.1, 0.15) is 73.1 Å². The second-order valence-corrected chi connectivity index (χ2v) is 10.4. The first-order valence-electron chi connectivity index (χ1n) is 13.7. The molecule has 0 unspecified atom stereocenters. The first kappa shape index (κ1) is 23.9. The van der Waals surface area contributed by atoms with E-state index in [0.717, 1.165) is 64.0 Å². The fourth-order valence-electron chi connectivity index (χ4n) is 6.06. The number of anilines is 1. The van der Waals surface area contributed by atoms with Crippen molar-refractivity contribution < 1.29 is 5.11 Å². The molecule has 1 fully saturated rings. The van der Waals surface area contributed by atoms with Gasteiger partial charge in [-0.2, -0.15) is 0 Å². The number of benzene rings is 3. The summed E-state index contributed by atoms with van der Waals surface area (Å²) in [5, 5.41) is 11.2. The highest BCUT2D eigenvalue weighted by Gasteiger charge is 2.23. The summed E-state index contributed by atoms with van der Waals surface area (Å²) in [4.78, 5) is 5.05. The van der Waals surface area contributed by atoms with Crippen molar-refractivity contribution in [1.82, 2.24) is 4.90 Å². The molecule has 0 radical (unpaired) electrons. The Hall–Kier alpha value is -2.78. The van der Waals surface area contributed by atoms with Crippen LogP contribution in [0.25, 0.3) is 0 Å². The van der Waals surface area contributed by atoms with Crippen LogP contribution in [0.3, 0.4) is 0 Å². The van der Waals surface area contributed by atoms with E-state index in [1.54, 1.807) is 0 Å². The number of phenols is 1. The van der Waals surface area contributed by atoms with Gasteiger partial charge in [-0.3, -0.25) is 4.90 Å². The molecule has 0 aromatic heterocycles. The maximum absolute atomic E-state index is 11.2. The predicted octanol–water partition coefficient (Wildman–Crippen LogP) is 7.13. The molecule has 3 heteroatoms. The Bertz CT molecular complexity index is 1020. The first-order valence-corrected chi connectivity index (χ1v) is 13.7. The molecule has 3 aromatic carbocycles. The van der Waals surface area contributed by atoms with E-state index in [9.17, 15) is 5.11 Å². The van der Waals surface area contributed by atoms with Crippen LogP contribution < -0.4 is 4.90 Å². The van der Waals surface area contributed by atoms with E-state index < -0.39 is 0 Å². The van der Waals surface area contributed by atoms with Gasteiger partial charge in [0.15, 0.2) is 0 Å². The molecule has 0 amide bonds. The molecule has 1 N–H and O–H groups in total. The lowest BCUT2D eigenvalue weighted by atomic mass is 9.87. The number of rotatable bonds is 8. The van der Waals surface area contributed by atoms with E-state index >= 15 is 0 Å². The van der Waals surface area contributed by atoms with E-state index in [4.69, 9.17) is 0 Å². The lowest BCUT2D eigenvalue weighted by Crippen LogP contribution is -2.31. The Kier molecular flexibility index (Phi) is 8.05. The summed E-state index contributed by atoms with van der Waals surface area (Å²) in [5.41, 5.74) is 6.33. The molecule has 3 nitrogen and oxygen atoms in total. The van der Waals surface area contributed by atoms with E-state index in [1.807, 2.05) is 0 Å². The van der Waals surface area contributed by atoms with Crippen molar-refractivity contribution in [2.45, 2.75) is 63.8 Å². The summed E-state index contributed by atoms with van der Waals surface area (Å²) in [6.45, 7) is 5.32. The highest BCUT2D eigenvalue weighted by atomic mass is 16.3. The minimum atomic E-state index is 0.422. The number of hydrogen-bond acceptors (Lipinski definition) is 3. The highest BCUT2D eigenvalue weighted by molar-refractivity contribution is 5.63. The topological polar surface area (TPSA) is 26.7 Å². The van der Waals surface area contributed by atoms with Gasteiger partial charge in [0.05, 0.1) is 0 Å². The molecule has 0 bridgehead atoms. The summed E-state index contributed by atoms with van der Waals surface area (Å²) in [6.07, 6.45) is 9.62. The quantitative estimate of drug-likeness (QED) is 0.381. The van der Waals surface area contributed by atoms with Gasteiger partial charge < -0.3 is 10.0 Å². The zero-order valence-electron chi connectivity index (χ0n) is 21.0. The monoisotopic (exact) mass is 468 g/mol. The Balaban J connectivity index is 1.26. The molecule has 0 spiro atoms. The van der Waals surface area contributed by atoms with Crippen molar-refractivity contribution in [3.05, 3.63) is 95.1 Å². The fourth-order valence-corrected chi connectivity index (χ4v) is 6.06. The molecule has 2 heterocycles. The number of hydrogen-bond donors (Lipinski definition) is 1. The predicted molar refractivity (Wildman–Crippen MR) is 146 cm³/mol. The number of aromatic hydroxyl groups is 1. The van der Waals surface area contributed by atoms with Gasteiger partial charge in [-0.25, -0.2) is 0 Å². The lowest BCUT2D eigenvalue weighted by Gasteiger charge is -2.33. The second kappa shape index (κ2) is 11.8. The van der Waals surface area contributed by atoms with Crippen molar-refractivity contribution >= 4 is 5.69 Å². The van der Waals surface area contributed by atoms with Crippen molar-refractivity contribution in [2.24, 2.45) is 0 Å². The molecule has 2 aliphatic heterocycles. The number of likely N-dealkylation sites (tertiary alicyclic amines) is 1. The van der Waals surface area contributed by atoms with Gasteiger partial charge in [0.2, 0.25) is 0 Å². The van der Waals surface area contributed by atoms with Crippen LogP contribution in [0.5, 0.6) is 5.75 Å².